The minimum atomic E-state index is -0.540. The molecule has 5 rings (SSSR count). The maximum Gasteiger partial charge on any atom is 0.251 e. The lowest BCUT2D eigenvalue weighted by Crippen LogP contribution is -2.51. The molecule has 0 spiro atoms. The van der Waals surface area contributed by atoms with Gasteiger partial charge in [-0.25, -0.2) is 0 Å². The average molecular weight is 483 g/mol. The Bertz CT molecular complexity index is 1220. The highest BCUT2D eigenvalue weighted by Gasteiger charge is 2.51. The number of carbonyl (C=O) groups excluding carboxylic acids is 1. The number of carbonyl (C=O) groups is 1. The molecule has 0 bridgehead atoms. The average Bonchev–Trinajstić information content (AvgIpc) is 2.89. The van der Waals surface area contributed by atoms with Gasteiger partial charge in [0.25, 0.3) is 5.91 Å². The van der Waals surface area contributed by atoms with Crippen LogP contribution in [-0.2, 0) is 24.8 Å². The van der Waals surface area contributed by atoms with E-state index in [1.54, 1.807) is 6.20 Å². The van der Waals surface area contributed by atoms with Crippen LogP contribution < -0.4 is 5.32 Å². The Morgan fingerprint density at radius 2 is 1.94 bits per heavy atom. The molecule has 0 unspecified atom stereocenters. The molecule has 1 aromatic heterocycles. The second kappa shape index (κ2) is 10.2. The second-order valence-electron chi connectivity index (χ2n) is 11.0. The number of aromatic nitrogens is 1. The van der Waals surface area contributed by atoms with Gasteiger partial charge >= 0.3 is 0 Å². The minimum Gasteiger partial charge on any atom is -0.390 e. The largest absolute Gasteiger partial charge is 0.390 e. The number of aliphatic hydroxyl groups is 1. The van der Waals surface area contributed by atoms with Crippen molar-refractivity contribution >= 4 is 5.91 Å². The molecule has 36 heavy (non-hydrogen) atoms. The summed E-state index contributed by atoms with van der Waals surface area (Å²) in [6, 6.07) is 21.0. The number of amides is 1. The molecule has 0 saturated heterocycles. The number of fused-ring (bicyclic) bond motifs is 3. The van der Waals surface area contributed by atoms with Crippen LogP contribution in [0.2, 0.25) is 0 Å². The SMILES string of the molecule is CCC[C@@]1(O)CC[C@@]2(Cc3ccccc3)c3ccc(C(=O)NCc4cccnc4C)cc3CC[C@@H]2C1. The number of pyridine rings is 1. The van der Waals surface area contributed by atoms with Gasteiger partial charge in [0.1, 0.15) is 0 Å². The number of rotatable bonds is 7. The third-order valence-electron chi connectivity index (χ3n) is 8.74. The Kier molecular flexibility index (Phi) is 6.98. The summed E-state index contributed by atoms with van der Waals surface area (Å²) in [6.07, 6.45) is 9.39. The van der Waals surface area contributed by atoms with E-state index < -0.39 is 5.60 Å². The predicted octanol–water partition coefficient (Wildman–Crippen LogP) is 6.08. The molecular weight excluding hydrogens is 444 g/mol. The van der Waals surface area contributed by atoms with E-state index in [4.69, 9.17) is 0 Å². The Balaban J connectivity index is 1.43. The van der Waals surface area contributed by atoms with E-state index in [2.05, 4.69) is 59.7 Å². The normalized spacial score (nSPS) is 25.0. The molecule has 3 atom stereocenters. The summed E-state index contributed by atoms with van der Waals surface area (Å²) in [4.78, 5) is 17.4. The first-order valence-electron chi connectivity index (χ1n) is 13.5. The first-order chi connectivity index (χ1) is 17.4. The van der Waals surface area contributed by atoms with Gasteiger partial charge in [0.2, 0.25) is 0 Å². The van der Waals surface area contributed by atoms with Crippen LogP contribution in [0.1, 0.15) is 83.8 Å². The zero-order valence-electron chi connectivity index (χ0n) is 21.6. The first-order valence-corrected chi connectivity index (χ1v) is 13.5. The molecule has 1 amide bonds. The van der Waals surface area contributed by atoms with Gasteiger partial charge in [0, 0.05) is 29.4 Å². The molecule has 0 aliphatic heterocycles. The Morgan fingerprint density at radius 1 is 1.11 bits per heavy atom. The molecule has 1 fully saturated rings. The van der Waals surface area contributed by atoms with E-state index in [1.165, 1.54) is 16.7 Å². The Hall–Kier alpha value is -2.98. The van der Waals surface area contributed by atoms with Crippen molar-refractivity contribution in [1.82, 2.24) is 10.3 Å². The monoisotopic (exact) mass is 482 g/mol. The van der Waals surface area contributed by atoms with Crippen molar-refractivity contribution in [2.24, 2.45) is 5.92 Å². The van der Waals surface area contributed by atoms with Gasteiger partial charge < -0.3 is 10.4 Å². The third-order valence-corrected chi connectivity index (χ3v) is 8.74. The molecule has 2 aliphatic rings. The van der Waals surface area contributed by atoms with Gasteiger partial charge in [-0.05, 0) is 98.2 Å². The Labute approximate surface area is 215 Å². The molecule has 2 aliphatic carbocycles. The van der Waals surface area contributed by atoms with Crippen LogP contribution in [0.15, 0.2) is 66.9 Å². The lowest BCUT2D eigenvalue weighted by atomic mass is 9.52. The lowest BCUT2D eigenvalue weighted by Gasteiger charge is -2.53. The van der Waals surface area contributed by atoms with Crippen LogP contribution in [-0.4, -0.2) is 21.6 Å². The summed E-state index contributed by atoms with van der Waals surface area (Å²) in [7, 11) is 0. The summed E-state index contributed by atoms with van der Waals surface area (Å²) in [5.41, 5.74) is 6.21. The second-order valence-corrected chi connectivity index (χ2v) is 11.0. The molecule has 188 valence electrons. The van der Waals surface area contributed by atoms with Crippen molar-refractivity contribution in [3.8, 4) is 0 Å². The maximum absolute atomic E-state index is 13.1. The van der Waals surface area contributed by atoms with E-state index >= 15 is 0 Å². The van der Waals surface area contributed by atoms with Crippen molar-refractivity contribution in [3.05, 3.63) is 100 Å². The Morgan fingerprint density at radius 3 is 2.72 bits per heavy atom. The topological polar surface area (TPSA) is 62.2 Å². The van der Waals surface area contributed by atoms with Gasteiger partial charge in [-0.1, -0.05) is 55.8 Å². The van der Waals surface area contributed by atoms with Crippen molar-refractivity contribution < 1.29 is 9.90 Å². The van der Waals surface area contributed by atoms with E-state index in [0.29, 0.717) is 12.5 Å². The fourth-order valence-corrected chi connectivity index (χ4v) is 6.87. The summed E-state index contributed by atoms with van der Waals surface area (Å²) in [5, 5.41) is 14.5. The van der Waals surface area contributed by atoms with Gasteiger partial charge in [-0.2, -0.15) is 0 Å². The molecule has 0 radical (unpaired) electrons. The zero-order chi connectivity index (χ0) is 25.2. The number of benzene rings is 2. The van der Waals surface area contributed by atoms with Crippen LogP contribution in [0, 0.1) is 12.8 Å². The fraction of sp³-hybridized carbons (Fsp3) is 0.438. The number of aryl methyl sites for hydroxylation is 2. The molecule has 2 N–H and O–H groups in total. The van der Waals surface area contributed by atoms with Gasteiger partial charge in [-0.15, -0.1) is 0 Å². The summed E-state index contributed by atoms with van der Waals surface area (Å²) in [5.74, 6) is 0.407. The molecule has 1 saturated carbocycles. The number of hydrogen-bond donors (Lipinski definition) is 2. The summed E-state index contributed by atoms with van der Waals surface area (Å²) >= 11 is 0. The number of nitrogens with one attached hydrogen (secondary N) is 1. The summed E-state index contributed by atoms with van der Waals surface area (Å²) in [6.45, 7) is 4.61. The van der Waals surface area contributed by atoms with Crippen molar-refractivity contribution in [3.63, 3.8) is 0 Å². The number of hydrogen-bond acceptors (Lipinski definition) is 3. The van der Waals surface area contributed by atoms with Crippen molar-refractivity contribution in [2.75, 3.05) is 0 Å². The smallest absolute Gasteiger partial charge is 0.251 e. The molecular formula is C32H38N2O2. The van der Waals surface area contributed by atoms with Gasteiger partial charge in [0.15, 0.2) is 0 Å². The minimum absolute atomic E-state index is 0.0106. The molecule has 2 aromatic carbocycles. The predicted molar refractivity (Wildman–Crippen MR) is 144 cm³/mol. The molecule has 3 aromatic rings. The highest BCUT2D eigenvalue weighted by Crippen LogP contribution is 2.55. The number of nitrogens with zero attached hydrogens (tertiary/aromatic N) is 1. The van der Waals surface area contributed by atoms with E-state index in [9.17, 15) is 9.90 Å². The highest BCUT2D eigenvalue weighted by molar-refractivity contribution is 5.94. The van der Waals surface area contributed by atoms with Crippen LogP contribution in [0.4, 0.5) is 0 Å². The van der Waals surface area contributed by atoms with Crippen LogP contribution >= 0.6 is 0 Å². The highest BCUT2D eigenvalue weighted by atomic mass is 16.3. The third kappa shape index (κ3) is 4.84. The molecule has 4 nitrogen and oxygen atoms in total. The molecule has 4 heteroatoms. The van der Waals surface area contributed by atoms with Crippen LogP contribution in [0.25, 0.3) is 0 Å². The fourth-order valence-electron chi connectivity index (χ4n) is 6.87. The molecule has 1 heterocycles. The van der Waals surface area contributed by atoms with Crippen molar-refractivity contribution in [2.45, 2.75) is 82.8 Å². The zero-order valence-corrected chi connectivity index (χ0v) is 21.6. The van der Waals surface area contributed by atoms with E-state index in [-0.39, 0.29) is 11.3 Å². The summed E-state index contributed by atoms with van der Waals surface area (Å²) < 4.78 is 0. The van der Waals surface area contributed by atoms with Crippen LogP contribution in [0.5, 0.6) is 0 Å². The van der Waals surface area contributed by atoms with Gasteiger partial charge in [-0.3, -0.25) is 9.78 Å². The van der Waals surface area contributed by atoms with Gasteiger partial charge in [0.05, 0.1) is 5.60 Å². The van der Waals surface area contributed by atoms with Crippen molar-refractivity contribution in [1.29, 1.82) is 0 Å². The van der Waals surface area contributed by atoms with E-state index in [1.807, 2.05) is 25.1 Å². The lowest BCUT2D eigenvalue weighted by molar-refractivity contribution is -0.0565. The standard InChI is InChI=1S/C32H38N2O2/c1-3-15-31(36)16-17-32(20-24-8-5-4-6-9-24)28(21-31)13-11-25-19-26(12-14-29(25)32)30(35)34-22-27-10-7-18-33-23(27)2/h4-10,12,14,18-19,28,36H,3,11,13,15-17,20-22H2,1-2H3,(H,34,35)/t28-,31-,32+/m1/s1. The first kappa shape index (κ1) is 24.7. The maximum atomic E-state index is 13.1. The van der Waals surface area contributed by atoms with E-state index in [0.717, 1.165) is 68.2 Å². The van der Waals surface area contributed by atoms with Crippen LogP contribution in [0.3, 0.4) is 0 Å². The quantitative estimate of drug-likeness (QED) is 0.429.